The molecular weight excluding hydrogens is 356 g/mol. The first kappa shape index (κ1) is 17.2. The number of para-hydroxylation sites is 2. The van der Waals surface area contributed by atoms with Gasteiger partial charge in [-0.15, -0.1) is 0 Å². The van der Waals surface area contributed by atoms with Crippen LogP contribution < -0.4 is 5.32 Å². The number of carbonyl (C=O) groups excluding carboxylic acids is 3. The van der Waals surface area contributed by atoms with Gasteiger partial charge >= 0.3 is 0 Å². The largest absolute Gasteiger partial charge is 0.356 e. The Kier molecular flexibility index (Phi) is 4.03. The summed E-state index contributed by atoms with van der Waals surface area (Å²) in [6, 6.07) is 7.79. The molecule has 28 heavy (non-hydrogen) atoms. The summed E-state index contributed by atoms with van der Waals surface area (Å²) in [5.74, 6) is 0.487. The van der Waals surface area contributed by atoms with Crippen molar-refractivity contribution in [1.82, 2.24) is 20.2 Å². The van der Waals surface area contributed by atoms with Crippen LogP contribution >= 0.6 is 0 Å². The Morgan fingerprint density at radius 3 is 2.57 bits per heavy atom. The highest BCUT2D eigenvalue weighted by atomic mass is 16.2. The summed E-state index contributed by atoms with van der Waals surface area (Å²) in [4.78, 5) is 46.4. The van der Waals surface area contributed by atoms with Crippen molar-refractivity contribution in [2.75, 3.05) is 13.1 Å². The molecule has 7 nitrogen and oxygen atoms in total. The number of imidazole rings is 1. The average molecular weight is 378 g/mol. The van der Waals surface area contributed by atoms with Gasteiger partial charge in [0.25, 0.3) is 0 Å². The Bertz CT molecular complexity index is 931. The second-order valence-corrected chi connectivity index (χ2v) is 7.88. The number of aromatic nitrogens is 2. The molecule has 1 aliphatic heterocycles. The van der Waals surface area contributed by atoms with Crippen molar-refractivity contribution in [3.8, 4) is 0 Å². The predicted molar refractivity (Wildman–Crippen MR) is 102 cm³/mol. The number of fused-ring (bicyclic) bond motifs is 6. The number of carbonyl (C=O) groups is 3. The van der Waals surface area contributed by atoms with Gasteiger partial charge in [-0.1, -0.05) is 24.3 Å². The summed E-state index contributed by atoms with van der Waals surface area (Å²) < 4.78 is 0. The van der Waals surface area contributed by atoms with Crippen LogP contribution in [0.1, 0.15) is 18.7 Å². The zero-order valence-electron chi connectivity index (χ0n) is 15.4. The summed E-state index contributed by atoms with van der Waals surface area (Å²) in [6.45, 7) is 0.625. The molecule has 2 fully saturated rings. The van der Waals surface area contributed by atoms with E-state index in [1.807, 2.05) is 24.3 Å². The SMILES string of the molecule is O=C(CCN1C(=O)C2C3C=CC(C3)C2C1=O)NCCc1nc2ccccc2[nH]1. The summed E-state index contributed by atoms with van der Waals surface area (Å²) in [5.41, 5.74) is 1.88. The molecule has 144 valence electrons. The number of amides is 3. The van der Waals surface area contributed by atoms with Gasteiger partial charge in [0.1, 0.15) is 5.82 Å². The number of hydrogen-bond acceptors (Lipinski definition) is 4. The molecule has 2 heterocycles. The van der Waals surface area contributed by atoms with Crippen LogP contribution in [0.5, 0.6) is 0 Å². The monoisotopic (exact) mass is 378 g/mol. The molecule has 3 amide bonds. The van der Waals surface area contributed by atoms with Gasteiger partial charge in [-0.25, -0.2) is 4.98 Å². The number of nitrogens with one attached hydrogen (secondary N) is 2. The van der Waals surface area contributed by atoms with E-state index in [1.54, 1.807) is 0 Å². The van der Waals surface area contributed by atoms with E-state index in [0.29, 0.717) is 13.0 Å². The number of hydrogen-bond donors (Lipinski definition) is 2. The predicted octanol–water partition coefficient (Wildman–Crippen LogP) is 1.42. The van der Waals surface area contributed by atoms with E-state index < -0.39 is 0 Å². The molecule has 2 N–H and O–H groups in total. The maximum absolute atomic E-state index is 12.6. The molecule has 2 aliphatic carbocycles. The van der Waals surface area contributed by atoms with Gasteiger partial charge in [0.2, 0.25) is 17.7 Å². The molecule has 2 bridgehead atoms. The molecule has 4 atom stereocenters. The van der Waals surface area contributed by atoms with Gasteiger partial charge in [0.05, 0.1) is 22.9 Å². The summed E-state index contributed by atoms with van der Waals surface area (Å²) >= 11 is 0. The lowest BCUT2D eigenvalue weighted by Crippen LogP contribution is -2.37. The van der Waals surface area contributed by atoms with Gasteiger partial charge < -0.3 is 10.3 Å². The van der Waals surface area contributed by atoms with Crippen molar-refractivity contribution < 1.29 is 14.4 Å². The molecule has 2 aromatic rings. The fourth-order valence-electron chi connectivity index (χ4n) is 4.93. The fourth-order valence-corrected chi connectivity index (χ4v) is 4.93. The van der Waals surface area contributed by atoms with E-state index in [2.05, 4.69) is 27.4 Å². The molecule has 4 unspecified atom stereocenters. The smallest absolute Gasteiger partial charge is 0.233 e. The third-order valence-electron chi connectivity index (χ3n) is 6.25. The second-order valence-electron chi connectivity index (χ2n) is 7.88. The highest BCUT2D eigenvalue weighted by Gasteiger charge is 2.58. The third-order valence-corrected chi connectivity index (χ3v) is 6.25. The van der Waals surface area contributed by atoms with Gasteiger partial charge in [-0.2, -0.15) is 0 Å². The van der Waals surface area contributed by atoms with Crippen molar-refractivity contribution in [2.24, 2.45) is 23.7 Å². The van der Waals surface area contributed by atoms with Crippen LogP contribution in [0.3, 0.4) is 0 Å². The maximum atomic E-state index is 12.6. The Balaban J connectivity index is 1.11. The first-order chi connectivity index (χ1) is 13.6. The van der Waals surface area contributed by atoms with Gasteiger partial charge in [0, 0.05) is 25.9 Å². The Morgan fingerprint density at radius 1 is 1.14 bits per heavy atom. The number of likely N-dealkylation sites (tertiary alicyclic amines) is 1. The molecule has 3 aliphatic rings. The highest BCUT2D eigenvalue weighted by molar-refractivity contribution is 6.06. The lowest BCUT2D eigenvalue weighted by molar-refractivity contribution is -0.141. The van der Waals surface area contributed by atoms with E-state index >= 15 is 0 Å². The van der Waals surface area contributed by atoms with Crippen LogP contribution in [0.15, 0.2) is 36.4 Å². The van der Waals surface area contributed by atoms with Crippen LogP contribution in [0, 0.1) is 23.7 Å². The standard InChI is InChI=1S/C21H22N4O3/c26-17(22-9-7-16-23-14-3-1-2-4-15(14)24-16)8-10-25-20(27)18-12-5-6-13(11-12)19(18)21(25)28/h1-6,12-13,18-19H,7-11H2,(H,22,26)(H,23,24). The molecule has 0 spiro atoms. The van der Waals surface area contributed by atoms with E-state index in [4.69, 9.17) is 0 Å². The van der Waals surface area contributed by atoms with Gasteiger partial charge in [0.15, 0.2) is 0 Å². The molecule has 1 aromatic carbocycles. The molecule has 5 rings (SSSR count). The lowest BCUT2D eigenvalue weighted by atomic mass is 9.85. The minimum atomic E-state index is -0.196. The van der Waals surface area contributed by atoms with E-state index in [1.165, 1.54) is 4.90 Å². The van der Waals surface area contributed by atoms with E-state index in [0.717, 1.165) is 23.3 Å². The summed E-state index contributed by atoms with van der Waals surface area (Å²) in [6.07, 6.45) is 5.81. The molecule has 1 saturated heterocycles. The minimum Gasteiger partial charge on any atom is -0.356 e. The highest BCUT2D eigenvalue weighted by Crippen LogP contribution is 2.52. The van der Waals surface area contributed by atoms with Crippen LogP contribution in [0.4, 0.5) is 0 Å². The second kappa shape index (κ2) is 6.58. The normalized spacial score (nSPS) is 27.8. The molecule has 0 radical (unpaired) electrons. The van der Waals surface area contributed by atoms with Crippen LogP contribution in [0.2, 0.25) is 0 Å². The zero-order chi connectivity index (χ0) is 19.3. The summed E-state index contributed by atoms with van der Waals surface area (Å²) in [7, 11) is 0. The average Bonchev–Trinajstić information content (AvgIpc) is 3.44. The number of H-pyrrole nitrogens is 1. The minimum absolute atomic E-state index is 0.0954. The third kappa shape index (κ3) is 2.73. The van der Waals surface area contributed by atoms with Crippen molar-refractivity contribution in [2.45, 2.75) is 19.3 Å². The number of benzene rings is 1. The van der Waals surface area contributed by atoms with Crippen molar-refractivity contribution in [3.05, 3.63) is 42.2 Å². The van der Waals surface area contributed by atoms with Crippen LogP contribution in [0.25, 0.3) is 11.0 Å². The van der Waals surface area contributed by atoms with Gasteiger partial charge in [-0.05, 0) is 30.4 Å². The number of nitrogens with zero attached hydrogens (tertiary/aromatic N) is 2. The van der Waals surface area contributed by atoms with Crippen LogP contribution in [-0.4, -0.2) is 45.7 Å². The summed E-state index contributed by atoms with van der Waals surface area (Å²) in [5, 5.41) is 2.85. The first-order valence-corrected chi connectivity index (χ1v) is 9.85. The Hall–Kier alpha value is -2.96. The van der Waals surface area contributed by atoms with Gasteiger partial charge in [-0.3, -0.25) is 19.3 Å². The van der Waals surface area contributed by atoms with Crippen molar-refractivity contribution >= 4 is 28.8 Å². The molecule has 1 aromatic heterocycles. The first-order valence-electron chi connectivity index (χ1n) is 9.85. The molecule has 1 saturated carbocycles. The number of allylic oxidation sites excluding steroid dienone is 2. The molecular formula is C21H22N4O3. The Labute approximate surface area is 162 Å². The topological polar surface area (TPSA) is 95.2 Å². The van der Waals surface area contributed by atoms with E-state index in [-0.39, 0.29) is 54.4 Å². The quantitative estimate of drug-likeness (QED) is 0.587. The number of rotatable bonds is 6. The number of imide groups is 1. The lowest BCUT2D eigenvalue weighted by Gasteiger charge is -2.16. The van der Waals surface area contributed by atoms with E-state index in [9.17, 15) is 14.4 Å². The zero-order valence-corrected chi connectivity index (χ0v) is 15.4. The number of aromatic amines is 1. The maximum Gasteiger partial charge on any atom is 0.233 e. The van der Waals surface area contributed by atoms with Crippen LogP contribution in [-0.2, 0) is 20.8 Å². The molecule has 7 heteroatoms. The van der Waals surface area contributed by atoms with Crippen molar-refractivity contribution in [3.63, 3.8) is 0 Å². The Morgan fingerprint density at radius 2 is 1.86 bits per heavy atom. The van der Waals surface area contributed by atoms with Crippen molar-refractivity contribution in [1.29, 1.82) is 0 Å². The fraction of sp³-hybridized carbons (Fsp3) is 0.429.